The summed E-state index contributed by atoms with van der Waals surface area (Å²) in [7, 11) is 4.20. The van der Waals surface area contributed by atoms with E-state index in [9.17, 15) is 0 Å². The van der Waals surface area contributed by atoms with Crippen LogP contribution >= 0.6 is 0 Å². The van der Waals surface area contributed by atoms with Gasteiger partial charge in [0.25, 0.3) is 0 Å². The summed E-state index contributed by atoms with van der Waals surface area (Å²) in [4.78, 5) is 6.43. The minimum Gasteiger partial charge on any atom is -0.302 e. The molecule has 2 rings (SSSR count). The van der Waals surface area contributed by atoms with Crippen molar-refractivity contribution in [1.29, 1.82) is 0 Å². The number of fused-ring (bicyclic) bond motifs is 1. The van der Waals surface area contributed by atoms with Gasteiger partial charge in [-0.25, -0.2) is 0 Å². The summed E-state index contributed by atoms with van der Waals surface area (Å²) in [5.74, 6) is 5.90. The molecule has 3 N–H and O–H groups in total. The third-order valence-electron chi connectivity index (χ3n) is 4.55. The summed E-state index contributed by atoms with van der Waals surface area (Å²) in [6, 6.07) is 8.40. The third kappa shape index (κ3) is 2.42. The highest BCUT2D eigenvalue weighted by atomic mass is 15.3. The molecule has 0 fully saturated rings. The lowest BCUT2D eigenvalue weighted by molar-refractivity contribution is 0.113. The van der Waals surface area contributed by atoms with E-state index in [0.717, 1.165) is 11.8 Å². The maximum Gasteiger partial charge on any atom is 0.0646 e. The van der Waals surface area contributed by atoms with Crippen molar-refractivity contribution in [3.05, 3.63) is 42.2 Å². The second-order valence-electron chi connectivity index (χ2n) is 5.65. The van der Waals surface area contributed by atoms with Crippen LogP contribution in [0.2, 0.25) is 0 Å². The summed E-state index contributed by atoms with van der Waals surface area (Å²) >= 11 is 0. The molecule has 1 aromatic heterocycles. The zero-order valence-electron chi connectivity index (χ0n) is 12.7. The molecule has 4 nitrogen and oxygen atoms in total. The minimum absolute atomic E-state index is 0.0496. The lowest BCUT2D eigenvalue weighted by Crippen LogP contribution is -2.53. The van der Waals surface area contributed by atoms with Crippen molar-refractivity contribution in [3.8, 4) is 0 Å². The van der Waals surface area contributed by atoms with Crippen molar-refractivity contribution >= 4 is 10.8 Å². The Morgan fingerprint density at radius 2 is 2.10 bits per heavy atom. The van der Waals surface area contributed by atoms with E-state index in [0.29, 0.717) is 0 Å². The molecule has 0 aliphatic heterocycles. The van der Waals surface area contributed by atoms with E-state index in [4.69, 9.17) is 5.84 Å². The van der Waals surface area contributed by atoms with Gasteiger partial charge in [0.2, 0.25) is 0 Å². The quantitative estimate of drug-likeness (QED) is 0.648. The van der Waals surface area contributed by atoms with E-state index in [1.165, 1.54) is 10.9 Å². The highest BCUT2D eigenvalue weighted by Gasteiger charge is 2.35. The molecule has 0 saturated heterocycles. The second-order valence-corrected chi connectivity index (χ2v) is 5.65. The highest BCUT2D eigenvalue weighted by molar-refractivity contribution is 5.85. The molecule has 2 aromatic rings. The molecular formula is C16H24N4. The maximum atomic E-state index is 5.90. The number of pyridine rings is 1. The Bertz CT molecular complexity index is 576. The van der Waals surface area contributed by atoms with Crippen LogP contribution in [-0.4, -0.2) is 29.5 Å². The van der Waals surface area contributed by atoms with Crippen LogP contribution in [0.15, 0.2) is 36.7 Å². The van der Waals surface area contributed by atoms with Crippen molar-refractivity contribution in [2.45, 2.75) is 31.8 Å². The van der Waals surface area contributed by atoms with Crippen molar-refractivity contribution in [1.82, 2.24) is 15.3 Å². The van der Waals surface area contributed by atoms with Crippen molar-refractivity contribution < 1.29 is 0 Å². The predicted molar refractivity (Wildman–Crippen MR) is 84.2 cm³/mol. The molecule has 2 atom stereocenters. The van der Waals surface area contributed by atoms with Gasteiger partial charge < -0.3 is 4.90 Å². The van der Waals surface area contributed by atoms with Gasteiger partial charge in [0.15, 0.2) is 0 Å². The van der Waals surface area contributed by atoms with Gasteiger partial charge in [-0.1, -0.05) is 25.1 Å². The van der Waals surface area contributed by atoms with E-state index >= 15 is 0 Å². The fourth-order valence-electron chi connectivity index (χ4n) is 2.78. The van der Waals surface area contributed by atoms with E-state index < -0.39 is 0 Å². The number of rotatable bonds is 5. The molecule has 0 amide bonds. The molecule has 2 unspecified atom stereocenters. The molecule has 0 aliphatic carbocycles. The SMILES string of the molecule is CCC(C)(C(NN)c1cccc2cnccc12)N(C)C. The lowest BCUT2D eigenvalue weighted by atomic mass is 9.82. The Labute approximate surface area is 121 Å². The van der Waals surface area contributed by atoms with Gasteiger partial charge in [0.1, 0.15) is 0 Å². The van der Waals surface area contributed by atoms with Crippen LogP contribution in [0.25, 0.3) is 10.8 Å². The molecular weight excluding hydrogens is 248 g/mol. The molecule has 0 bridgehead atoms. The third-order valence-corrected chi connectivity index (χ3v) is 4.55. The summed E-state index contributed by atoms with van der Waals surface area (Å²) in [6.07, 6.45) is 4.72. The van der Waals surface area contributed by atoms with E-state index in [-0.39, 0.29) is 11.6 Å². The van der Waals surface area contributed by atoms with Crippen molar-refractivity contribution in [2.24, 2.45) is 5.84 Å². The normalized spacial score (nSPS) is 16.3. The Balaban J connectivity index is 2.60. The summed E-state index contributed by atoms with van der Waals surface area (Å²) in [5, 5.41) is 2.34. The van der Waals surface area contributed by atoms with Gasteiger partial charge >= 0.3 is 0 Å². The van der Waals surface area contributed by atoms with E-state index in [2.05, 4.69) is 67.5 Å². The Hall–Kier alpha value is -1.49. The highest BCUT2D eigenvalue weighted by Crippen LogP contribution is 2.35. The van der Waals surface area contributed by atoms with Crippen LogP contribution in [0.5, 0.6) is 0 Å². The standard InChI is InChI=1S/C16H24N4/c1-5-16(2,20(3)4)15(19-17)14-8-6-7-12-11-18-10-9-13(12)14/h6-11,15,19H,5,17H2,1-4H3. The number of aromatic nitrogens is 1. The zero-order valence-corrected chi connectivity index (χ0v) is 12.7. The summed E-state index contributed by atoms with van der Waals surface area (Å²) in [6.45, 7) is 4.43. The lowest BCUT2D eigenvalue weighted by Gasteiger charge is -2.43. The van der Waals surface area contributed by atoms with Crippen LogP contribution in [-0.2, 0) is 0 Å². The molecule has 0 radical (unpaired) electrons. The molecule has 0 spiro atoms. The minimum atomic E-state index is -0.0632. The Morgan fingerprint density at radius 3 is 2.70 bits per heavy atom. The first-order chi connectivity index (χ1) is 9.54. The topological polar surface area (TPSA) is 54.2 Å². The average Bonchev–Trinajstić information content (AvgIpc) is 2.47. The Kier molecular flexibility index (Phi) is 4.38. The molecule has 1 heterocycles. The maximum absolute atomic E-state index is 5.90. The van der Waals surface area contributed by atoms with Crippen molar-refractivity contribution in [2.75, 3.05) is 14.1 Å². The van der Waals surface area contributed by atoms with E-state index in [1.807, 2.05) is 12.4 Å². The second kappa shape index (κ2) is 5.87. The van der Waals surface area contributed by atoms with E-state index in [1.54, 1.807) is 0 Å². The zero-order chi connectivity index (χ0) is 14.8. The molecule has 0 aliphatic rings. The number of likely N-dealkylation sites (N-methyl/N-ethyl adjacent to an activating group) is 1. The molecule has 20 heavy (non-hydrogen) atoms. The number of hydrogen-bond acceptors (Lipinski definition) is 4. The Morgan fingerprint density at radius 1 is 1.35 bits per heavy atom. The van der Waals surface area contributed by atoms with Gasteiger partial charge in [-0.3, -0.25) is 16.3 Å². The smallest absolute Gasteiger partial charge is 0.0646 e. The average molecular weight is 272 g/mol. The fraction of sp³-hybridized carbons (Fsp3) is 0.438. The van der Waals surface area contributed by atoms with Gasteiger partial charge in [-0.05, 0) is 44.5 Å². The van der Waals surface area contributed by atoms with Crippen LogP contribution < -0.4 is 11.3 Å². The first-order valence-corrected chi connectivity index (χ1v) is 7.00. The van der Waals surface area contributed by atoms with Gasteiger partial charge in [0.05, 0.1) is 6.04 Å². The number of benzene rings is 1. The number of nitrogens with one attached hydrogen (secondary N) is 1. The number of hydrazine groups is 1. The van der Waals surface area contributed by atoms with Gasteiger partial charge in [0, 0.05) is 23.3 Å². The molecule has 0 saturated carbocycles. The fourth-order valence-corrected chi connectivity index (χ4v) is 2.78. The largest absolute Gasteiger partial charge is 0.302 e. The number of nitrogens with two attached hydrogens (primary N) is 1. The number of hydrogen-bond donors (Lipinski definition) is 2. The molecule has 4 heteroatoms. The summed E-state index contributed by atoms with van der Waals surface area (Å²) in [5.41, 5.74) is 4.17. The summed E-state index contributed by atoms with van der Waals surface area (Å²) < 4.78 is 0. The predicted octanol–water partition coefficient (Wildman–Crippen LogP) is 2.47. The van der Waals surface area contributed by atoms with Crippen LogP contribution in [0.1, 0.15) is 31.9 Å². The van der Waals surface area contributed by atoms with Crippen LogP contribution in [0.3, 0.4) is 0 Å². The van der Waals surface area contributed by atoms with Crippen molar-refractivity contribution in [3.63, 3.8) is 0 Å². The van der Waals surface area contributed by atoms with Crippen LogP contribution in [0.4, 0.5) is 0 Å². The molecule has 108 valence electrons. The van der Waals surface area contributed by atoms with Gasteiger partial charge in [-0.2, -0.15) is 0 Å². The molecule has 1 aromatic carbocycles. The van der Waals surface area contributed by atoms with Crippen LogP contribution in [0, 0.1) is 0 Å². The first-order valence-electron chi connectivity index (χ1n) is 7.00. The first kappa shape index (κ1) is 14.9. The number of nitrogens with zero attached hydrogens (tertiary/aromatic N) is 2. The monoisotopic (exact) mass is 272 g/mol. The van der Waals surface area contributed by atoms with Gasteiger partial charge in [-0.15, -0.1) is 0 Å².